The molecule has 0 fully saturated rings. The molecule has 0 saturated heterocycles. The Morgan fingerprint density at radius 2 is 1.90 bits per heavy atom. The fraction of sp³-hybridized carbons (Fsp3) is 0.318. The predicted octanol–water partition coefficient (Wildman–Crippen LogP) is 3.74. The number of allylic oxidation sites excluding steroid dienone is 2. The maximum Gasteiger partial charge on any atom is 0.209 e. The van der Waals surface area contributed by atoms with Crippen LogP contribution >= 0.6 is 0 Å². The fourth-order valence-corrected chi connectivity index (χ4v) is 4.62. The van der Waals surface area contributed by atoms with E-state index in [1.807, 2.05) is 39.0 Å². The minimum atomic E-state index is -3.79. The zero-order valence-electron chi connectivity index (χ0n) is 17.2. The summed E-state index contributed by atoms with van der Waals surface area (Å²) in [5, 5.41) is 2.99. The zero-order valence-corrected chi connectivity index (χ0v) is 18.0. The van der Waals surface area contributed by atoms with Crippen LogP contribution in [0, 0.1) is 6.92 Å². The first kappa shape index (κ1) is 22.6. The van der Waals surface area contributed by atoms with Crippen molar-refractivity contribution in [3.8, 4) is 5.75 Å². The molecular formula is C22H29N3O3S. The van der Waals surface area contributed by atoms with Crippen LogP contribution in [0.2, 0.25) is 0 Å². The number of para-hydroxylation sites is 1. The highest BCUT2D eigenvalue weighted by Crippen LogP contribution is 2.36. The molecule has 0 amide bonds. The standard InChI is InChI=1S/C22H29N3O3S/c1-4-6-9-18-10-7-12-20(17(18)3)29(26,27)21-13-8-11-19(28-15-14-23)22(21)25-16-24-5-2/h4,6-8,10-13,16H,5,9,14-15,23H2,1-3H3,(H,24,25)/b6-4-. The third-order valence-electron chi connectivity index (χ3n) is 4.39. The van der Waals surface area contributed by atoms with Gasteiger partial charge in [-0.3, -0.25) is 4.99 Å². The van der Waals surface area contributed by atoms with Crippen LogP contribution in [0.1, 0.15) is 25.0 Å². The first-order valence-electron chi connectivity index (χ1n) is 9.62. The number of aliphatic imine (C=N–C) groups is 1. The molecular weight excluding hydrogens is 386 g/mol. The van der Waals surface area contributed by atoms with E-state index in [4.69, 9.17) is 10.5 Å². The van der Waals surface area contributed by atoms with Crippen molar-refractivity contribution in [1.82, 2.24) is 0 Å². The number of rotatable bonds is 10. The van der Waals surface area contributed by atoms with Gasteiger partial charge in [0.15, 0.2) is 0 Å². The Balaban J connectivity index is 2.61. The van der Waals surface area contributed by atoms with Gasteiger partial charge in [-0.15, -0.1) is 0 Å². The average molecular weight is 416 g/mol. The van der Waals surface area contributed by atoms with E-state index < -0.39 is 9.84 Å². The normalized spacial score (nSPS) is 12.0. The molecule has 0 aliphatic heterocycles. The van der Waals surface area contributed by atoms with Crippen molar-refractivity contribution in [2.75, 3.05) is 25.0 Å². The molecule has 7 heteroatoms. The summed E-state index contributed by atoms with van der Waals surface area (Å²) in [4.78, 5) is 4.55. The van der Waals surface area contributed by atoms with Crippen LogP contribution < -0.4 is 15.8 Å². The van der Waals surface area contributed by atoms with Gasteiger partial charge in [-0.2, -0.15) is 0 Å². The summed E-state index contributed by atoms with van der Waals surface area (Å²) >= 11 is 0. The van der Waals surface area contributed by atoms with Gasteiger partial charge >= 0.3 is 0 Å². The Bertz CT molecular complexity index is 983. The molecule has 2 aromatic rings. The Morgan fingerprint density at radius 1 is 1.17 bits per heavy atom. The molecule has 0 aromatic heterocycles. The maximum atomic E-state index is 13.6. The Hall–Kier alpha value is -2.64. The Kier molecular flexibility index (Phi) is 8.42. The Morgan fingerprint density at radius 3 is 2.59 bits per heavy atom. The highest BCUT2D eigenvalue weighted by atomic mass is 32.2. The number of sulfone groups is 1. The zero-order chi connectivity index (χ0) is 21.3. The number of hydrogen-bond donors (Lipinski definition) is 2. The lowest BCUT2D eigenvalue weighted by Gasteiger charge is -2.17. The predicted molar refractivity (Wildman–Crippen MR) is 119 cm³/mol. The monoisotopic (exact) mass is 415 g/mol. The second-order valence-electron chi connectivity index (χ2n) is 6.36. The lowest BCUT2D eigenvalue weighted by Crippen LogP contribution is -2.14. The molecule has 29 heavy (non-hydrogen) atoms. The molecule has 0 spiro atoms. The minimum Gasteiger partial charge on any atom is -0.490 e. The van der Waals surface area contributed by atoms with Gasteiger partial charge < -0.3 is 15.8 Å². The van der Waals surface area contributed by atoms with Crippen LogP contribution in [0.3, 0.4) is 0 Å². The van der Waals surface area contributed by atoms with Crippen LogP contribution in [0.4, 0.5) is 5.69 Å². The van der Waals surface area contributed by atoms with Crippen molar-refractivity contribution in [3.63, 3.8) is 0 Å². The number of nitrogens with one attached hydrogen (secondary N) is 1. The fourth-order valence-electron chi connectivity index (χ4n) is 2.90. The van der Waals surface area contributed by atoms with E-state index in [9.17, 15) is 8.42 Å². The quantitative estimate of drug-likeness (QED) is 0.350. The van der Waals surface area contributed by atoms with Crippen LogP contribution in [0.15, 0.2) is 63.3 Å². The van der Waals surface area contributed by atoms with E-state index in [-0.39, 0.29) is 16.4 Å². The SMILES string of the molecule is C/C=C\Cc1cccc(S(=O)(=O)c2cccc(OCCN)c2NC=NCC)c1C. The molecule has 0 radical (unpaired) electrons. The molecule has 6 nitrogen and oxygen atoms in total. The van der Waals surface area contributed by atoms with Crippen molar-refractivity contribution in [2.45, 2.75) is 37.0 Å². The lowest BCUT2D eigenvalue weighted by atomic mass is 10.1. The smallest absolute Gasteiger partial charge is 0.209 e. The van der Waals surface area contributed by atoms with Crippen LogP contribution in [0.5, 0.6) is 5.75 Å². The van der Waals surface area contributed by atoms with Crippen LogP contribution in [-0.4, -0.2) is 34.5 Å². The van der Waals surface area contributed by atoms with Crippen molar-refractivity contribution in [2.24, 2.45) is 10.7 Å². The molecule has 0 aliphatic carbocycles. The number of hydrogen-bond acceptors (Lipinski definition) is 5. The largest absolute Gasteiger partial charge is 0.490 e. The maximum absolute atomic E-state index is 13.6. The molecule has 0 heterocycles. The summed E-state index contributed by atoms with van der Waals surface area (Å²) in [6.45, 7) is 6.86. The van der Waals surface area contributed by atoms with Gasteiger partial charge in [-0.1, -0.05) is 30.4 Å². The summed E-state index contributed by atoms with van der Waals surface area (Å²) in [7, 11) is -3.79. The molecule has 2 rings (SSSR count). The second-order valence-corrected chi connectivity index (χ2v) is 8.24. The van der Waals surface area contributed by atoms with Crippen molar-refractivity contribution in [3.05, 3.63) is 59.7 Å². The van der Waals surface area contributed by atoms with Gasteiger partial charge in [-0.05, 0) is 56.5 Å². The topological polar surface area (TPSA) is 93.8 Å². The number of ether oxygens (including phenoxy) is 1. The minimum absolute atomic E-state index is 0.140. The molecule has 0 unspecified atom stereocenters. The molecule has 0 aliphatic rings. The Labute approximate surface area is 173 Å². The molecule has 0 bridgehead atoms. The van der Waals surface area contributed by atoms with E-state index in [1.165, 1.54) is 6.34 Å². The van der Waals surface area contributed by atoms with Crippen molar-refractivity contribution < 1.29 is 13.2 Å². The number of nitrogens with zero attached hydrogens (tertiary/aromatic N) is 1. The van der Waals surface area contributed by atoms with Gasteiger partial charge in [0.05, 0.1) is 16.1 Å². The molecule has 0 atom stereocenters. The van der Waals surface area contributed by atoms with Gasteiger partial charge in [0, 0.05) is 13.1 Å². The van der Waals surface area contributed by atoms with E-state index in [1.54, 1.807) is 30.3 Å². The van der Waals surface area contributed by atoms with Crippen molar-refractivity contribution in [1.29, 1.82) is 0 Å². The highest BCUT2D eigenvalue weighted by Gasteiger charge is 2.26. The van der Waals surface area contributed by atoms with Crippen LogP contribution in [-0.2, 0) is 16.3 Å². The first-order chi connectivity index (χ1) is 14.0. The third-order valence-corrected chi connectivity index (χ3v) is 6.34. The number of nitrogens with two attached hydrogens (primary N) is 1. The average Bonchev–Trinajstić information content (AvgIpc) is 2.72. The summed E-state index contributed by atoms with van der Waals surface area (Å²) in [6.07, 6.45) is 6.13. The number of benzene rings is 2. The molecule has 0 saturated carbocycles. The summed E-state index contributed by atoms with van der Waals surface area (Å²) in [5.41, 5.74) is 7.62. The first-order valence-corrected chi connectivity index (χ1v) is 11.1. The second kappa shape index (κ2) is 10.8. The van der Waals surface area contributed by atoms with E-state index in [0.29, 0.717) is 30.9 Å². The van der Waals surface area contributed by atoms with E-state index in [0.717, 1.165) is 11.1 Å². The summed E-state index contributed by atoms with van der Waals surface area (Å²) in [6, 6.07) is 10.3. The summed E-state index contributed by atoms with van der Waals surface area (Å²) in [5.74, 6) is 0.418. The van der Waals surface area contributed by atoms with Gasteiger partial charge in [0.1, 0.15) is 18.0 Å². The highest BCUT2D eigenvalue weighted by molar-refractivity contribution is 7.91. The molecule has 156 valence electrons. The van der Waals surface area contributed by atoms with Crippen LogP contribution in [0.25, 0.3) is 0 Å². The molecule has 3 N–H and O–H groups in total. The van der Waals surface area contributed by atoms with E-state index >= 15 is 0 Å². The summed E-state index contributed by atoms with van der Waals surface area (Å²) < 4.78 is 32.8. The van der Waals surface area contributed by atoms with Gasteiger partial charge in [0.25, 0.3) is 0 Å². The van der Waals surface area contributed by atoms with E-state index in [2.05, 4.69) is 10.3 Å². The molecule has 2 aromatic carbocycles. The third kappa shape index (κ3) is 5.46. The lowest BCUT2D eigenvalue weighted by molar-refractivity contribution is 0.329. The van der Waals surface area contributed by atoms with Gasteiger partial charge in [-0.25, -0.2) is 8.42 Å². The number of anilines is 1. The van der Waals surface area contributed by atoms with Crippen molar-refractivity contribution >= 4 is 21.9 Å². The van der Waals surface area contributed by atoms with Gasteiger partial charge in [0.2, 0.25) is 9.84 Å².